The number of halogens is 4. The minimum absolute atomic E-state index is 0.0185. The summed E-state index contributed by atoms with van der Waals surface area (Å²) >= 11 is 6.57. The molecule has 0 spiro atoms. The fourth-order valence-corrected chi connectivity index (χ4v) is 4.68. The average molecular weight is 575 g/mol. The normalized spacial score (nSPS) is 16.0. The fourth-order valence-electron chi connectivity index (χ4n) is 4.42. The molecule has 0 saturated carbocycles. The minimum atomic E-state index is -5.08. The molecule has 0 radical (unpaired) electrons. The first-order chi connectivity index (χ1) is 18.9. The number of anilines is 1. The number of nitrogens with one attached hydrogen (secondary N) is 2. The van der Waals surface area contributed by atoms with Gasteiger partial charge in [-0.25, -0.2) is 14.3 Å². The van der Waals surface area contributed by atoms with Crippen molar-refractivity contribution < 1.29 is 27.9 Å². The van der Waals surface area contributed by atoms with Crippen molar-refractivity contribution in [1.82, 2.24) is 30.1 Å². The van der Waals surface area contributed by atoms with E-state index in [2.05, 4.69) is 37.7 Å². The van der Waals surface area contributed by atoms with Gasteiger partial charge in [-0.15, -0.1) is 5.10 Å². The number of nitrogens with two attached hydrogens (primary N) is 1. The Kier molecular flexibility index (Phi) is 7.96. The minimum Gasteiger partial charge on any atom is -0.475 e. The molecule has 2 atom stereocenters. The molecule has 0 aliphatic heterocycles. The molecule has 1 aromatic carbocycles. The van der Waals surface area contributed by atoms with Crippen LogP contribution in [0.4, 0.5) is 19.0 Å². The number of aromatic amines is 1. The summed E-state index contributed by atoms with van der Waals surface area (Å²) in [6.45, 7) is 1.89. The summed E-state index contributed by atoms with van der Waals surface area (Å²) in [6.07, 6.45) is 4.22. The number of H-pyrrole nitrogens is 1. The Hall–Kier alpha value is -4.64. The van der Waals surface area contributed by atoms with Crippen LogP contribution in [-0.4, -0.2) is 48.0 Å². The van der Waals surface area contributed by atoms with Gasteiger partial charge < -0.3 is 16.2 Å². The number of aromatic nitrogens is 5. The number of carbonyl (C=O) groups is 2. The number of carboxylic acids is 1. The maximum absolute atomic E-state index is 13.2. The first-order valence-electron chi connectivity index (χ1n) is 11.9. The first-order valence-corrected chi connectivity index (χ1v) is 12.2. The summed E-state index contributed by atoms with van der Waals surface area (Å²) in [5.41, 5.74) is 10.4. The number of nitriles is 1. The maximum atomic E-state index is 13.2. The van der Waals surface area contributed by atoms with Crippen LogP contribution in [0.25, 0.3) is 22.1 Å². The molecule has 1 aliphatic rings. The lowest BCUT2D eigenvalue weighted by Crippen LogP contribution is -2.28. The second-order valence-electron chi connectivity index (χ2n) is 8.96. The molecule has 1 amide bonds. The number of nitrogen functional groups attached to an aromatic ring is 1. The van der Waals surface area contributed by atoms with E-state index in [-0.39, 0.29) is 23.2 Å². The SMILES string of the molecule is CC(NC(=O)c1c(N)nn2cccnc12)c1cc(Cl)c2cn[nH]c2c1C1=CCC(C#N)CC1.O=C(O)C(F)(F)F. The van der Waals surface area contributed by atoms with Crippen LogP contribution >= 0.6 is 11.6 Å². The molecule has 0 saturated heterocycles. The summed E-state index contributed by atoms with van der Waals surface area (Å²) in [7, 11) is 0. The number of benzene rings is 1. The summed E-state index contributed by atoms with van der Waals surface area (Å²) in [6, 6.07) is 5.53. The number of rotatable bonds is 4. The second-order valence-corrected chi connectivity index (χ2v) is 9.36. The maximum Gasteiger partial charge on any atom is 0.490 e. The number of amides is 1. The fraction of sp³-hybridized carbons (Fsp3) is 0.280. The molecular weight excluding hydrogens is 553 g/mol. The largest absolute Gasteiger partial charge is 0.490 e. The van der Waals surface area contributed by atoms with Crippen LogP contribution in [0.15, 0.2) is 36.8 Å². The van der Waals surface area contributed by atoms with Crippen molar-refractivity contribution in [2.24, 2.45) is 5.92 Å². The number of allylic oxidation sites excluding steroid dienone is 2. The molecule has 1 aliphatic carbocycles. The third-order valence-electron chi connectivity index (χ3n) is 6.34. The van der Waals surface area contributed by atoms with Crippen molar-refractivity contribution in [2.75, 3.05) is 5.73 Å². The van der Waals surface area contributed by atoms with Crippen molar-refractivity contribution in [3.63, 3.8) is 0 Å². The van der Waals surface area contributed by atoms with Crippen LogP contribution in [0.5, 0.6) is 0 Å². The van der Waals surface area contributed by atoms with Gasteiger partial charge in [-0.05, 0) is 49.5 Å². The molecule has 208 valence electrons. The van der Waals surface area contributed by atoms with Gasteiger partial charge >= 0.3 is 12.1 Å². The molecule has 3 heterocycles. The number of nitrogens with zero attached hydrogens (tertiary/aromatic N) is 5. The van der Waals surface area contributed by atoms with Crippen LogP contribution in [0.1, 0.15) is 53.7 Å². The van der Waals surface area contributed by atoms with Gasteiger partial charge in [0, 0.05) is 23.3 Å². The zero-order chi connectivity index (χ0) is 29.2. The Labute approximate surface area is 229 Å². The van der Waals surface area contributed by atoms with Crippen molar-refractivity contribution in [2.45, 2.75) is 38.4 Å². The van der Waals surface area contributed by atoms with Crippen molar-refractivity contribution in [3.8, 4) is 6.07 Å². The molecule has 2 unspecified atom stereocenters. The van der Waals surface area contributed by atoms with E-state index in [9.17, 15) is 23.2 Å². The van der Waals surface area contributed by atoms with Crippen molar-refractivity contribution in [1.29, 1.82) is 5.26 Å². The lowest BCUT2D eigenvalue weighted by Gasteiger charge is -2.24. The van der Waals surface area contributed by atoms with Gasteiger partial charge in [0.2, 0.25) is 0 Å². The molecule has 0 bridgehead atoms. The Morgan fingerprint density at radius 2 is 2.12 bits per heavy atom. The number of aliphatic carboxylic acids is 1. The third kappa shape index (κ3) is 5.69. The van der Waals surface area contributed by atoms with Crippen LogP contribution in [0.2, 0.25) is 5.02 Å². The van der Waals surface area contributed by atoms with E-state index in [0.717, 1.165) is 40.4 Å². The zero-order valence-electron chi connectivity index (χ0n) is 20.8. The standard InChI is InChI=1S/C23H21ClN8O.C2HF3O2/c1-12(29-23(33)19-21(26)31-32-8-2-7-27-22(19)32)15-9-17(24)16-11-28-30-20(16)18(15)14-5-3-13(10-25)4-6-14;3-2(4,5)1(6)7/h2,5,7-9,11-13H,3-4,6H2,1H3,(H2,26,31)(H,28,30)(H,29,33);(H,6,7). The Balaban J connectivity index is 0.000000470. The highest BCUT2D eigenvalue weighted by Crippen LogP contribution is 2.40. The zero-order valence-corrected chi connectivity index (χ0v) is 21.6. The van der Waals surface area contributed by atoms with E-state index < -0.39 is 18.2 Å². The van der Waals surface area contributed by atoms with Gasteiger partial charge in [0.15, 0.2) is 11.5 Å². The number of hydrogen-bond acceptors (Lipinski definition) is 7. The smallest absolute Gasteiger partial charge is 0.475 e. The molecule has 0 fully saturated rings. The van der Waals surface area contributed by atoms with Crippen molar-refractivity contribution >= 4 is 51.4 Å². The highest BCUT2D eigenvalue weighted by Gasteiger charge is 2.38. The van der Waals surface area contributed by atoms with Crippen molar-refractivity contribution in [3.05, 3.63) is 58.5 Å². The van der Waals surface area contributed by atoms with E-state index in [1.807, 2.05) is 13.0 Å². The molecule has 11 nitrogen and oxygen atoms in total. The summed E-state index contributed by atoms with van der Waals surface area (Å²) in [4.78, 5) is 26.3. The Morgan fingerprint density at radius 3 is 2.75 bits per heavy atom. The quantitative estimate of drug-likeness (QED) is 0.272. The monoisotopic (exact) mass is 574 g/mol. The lowest BCUT2D eigenvalue weighted by molar-refractivity contribution is -0.192. The van der Waals surface area contributed by atoms with Crippen LogP contribution in [0, 0.1) is 17.2 Å². The number of carboxylic acid groups (broad SMARTS) is 1. The van der Waals surface area contributed by atoms with Gasteiger partial charge in [0.1, 0.15) is 5.56 Å². The van der Waals surface area contributed by atoms with Gasteiger partial charge in [-0.3, -0.25) is 9.89 Å². The van der Waals surface area contributed by atoms with Crippen LogP contribution in [0.3, 0.4) is 0 Å². The van der Waals surface area contributed by atoms with Crippen LogP contribution < -0.4 is 11.1 Å². The highest BCUT2D eigenvalue weighted by molar-refractivity contribution is 6.35. The molecule has 5 N–H and O–H groups in total. The number of carbonyl (C=O) groups excluding carboxylic acids is 1. The molecule has 40 heavy (non-hydrogen) atoms. The summed E-state index contributed by atoms with van der Waals surface area (Å²) < 4.78 is 33.2. The number of hydrogen-bond donors (Lipinski definition) is 4. The van der Waals surface area contributed by atoms with Gasteiger partial charge in [-0.1, -0.05) is 17.7 Å². The Bertz CT molecular complexity index is 1670. The number of fused-ring (bicyclic) bond motifs is 2. The summed E-state index contributed by atoms with van der Waals surface area (Å²) in [5, 5.41) is 32.2. The van der Waals surface area contributed by atoms with E-state index in [1.165, 1.54) is 4.52 Å². The van der Waals surface area contributed by atoms with Gasteiger partial charge in [0.05, 0.1) is 34.8 Å². The summed E-state index contributed by atoms with van der Waals surface area (Å²) in [5.74, 6) is -3.00. The molecule has 3 aromatic heterocycles. The third-order valence-corrected chi connectivity index (χ3v) is 6.65. The molecular formula is C25H22ClF3N8O3. The molecule has 5 rings (SSSR count). The molecule has 15 heteroatoms. The first kappa shape index (κ1) is 28.4. The van der Waals surface area contributed by atoms with Gasteiger partial charge in [-0.2, -0.15) is 23.5 Å². The highest BCUT2D eigenvalue weighted by atomic mass is 35.5. The van der Waals surface area contributed by atoms with E-state index in [0.29, 0.717) is 17.1 Å². The van der Waals surface area contributed by atoms with E-state index in [1.54, 1.807) is 24.7 Å². The predicted molar refractivity (Wildman–Crippen MR) is 139 cm³/mol. The van der Waals surface area contributed by atoms with E-state index >= 15 is 0 Å². The lowest BCUT2D eigenvalue weighted by atomic mass is 9.84. The topological polar surface area (TPSA) is 175 Å². The average Bonchev–Trinajstić information content (AvgIpc) is 3.53. The van der Waals surface area contributed by atoms with Crippen LogP contribution in [-0.2, 0) is 4.79 Å². The number of alkyl halides is 3. The predicted octanol–water partition coefficient (Wildman–Crippen LogP) is 4.67. The van der Waals surface area contributed by atoms with Gasteiger partial charge in [0.25, 0.3) is 5.91 Å². The molecule has 4 aromatic rings. The Morgan fingerprint density at radius 1 is 1.40 bits per heavy atom. The van der Waals surface area contributed by atoms with E-state index in [4.69, 9.17) is 27.2 Å². The second kappa shape index (κ2) is 11.2.